The maximum Gasteiger partial charge on any atom is 0.164 e. The van der Waals surface area contributed by atoms with E-state index in [1.165, 1.54) is 0 Å². The first-order valence-corrected chi connectivity index (χ1v) is 7.43. The fourth-order valence-electron chi connectivity index (χ4n) is 2.44. The molecule has 2 N–H and O–H groups in total. The fourth-order valence-corrected chi connectivity index (χ4v) is 2.67. The smallest absolute Gasteiger partial charge is 0.164 e. The minimum atomic E-state index is 0.325. The predicted octanol–water partition coefficient (Wildman–Crippen LogP) is 2.80. The Morgan fingerprint density at radius 3 is 2.95 bits per heavy atom. The lowest BCUT2D eigenvalue weighted by Crippen LogP contribution is -2.12. The van der Waals surface area contributed by atoms with E-state index in [1.54, 1.807) is 13.2 Å². The summed E-state index contributed by atoms with van der Waals surface area (Å²) in [5.41, 5.74) is 6.63. The number of hydrogen-bond acceptors (Lipinski definition) is 4. The van der Waals surface area contributed by atoms with Crippen molar-refractivity contribution < 1.29 is 14.2 Å². The molecule has 5 heteroatoms. The zero-order valence-electron chi connectivity index (χ0n) is 11.9. The molecule has 0 radical (unpaired) electrons. The molecule has 112 valence electrons. The number of methoxy groups -OCH3 is 1. The van der Waals surface area contributed by atoms with E-state index in [9.17, 15) is 0 Å². The Morgan fingerprint density at radius 2 is 2.30 bits per heavy atom. The van der Waals surface area contributed by atoms with E-state index in [0.29, 0.717) is 36.4 Å². The van der Waals surface area contributed by atoms with Crippen molar-refractivity contribution in [1.82, 2.24) is 0 Å². The molecule has 0 saturated carbocycles. The van der Waals surface area contributed by atoms with Crippen LogP contribution in [0.5, 0.6) is 11.5 Å². The third kappa shape index (κ3) is 4.01. The Morgan fingerprint density at radius 1 is 1.45 bits per heavy atom. The summed E-state index contributed by atoms with van der Waals surface area (Å²) in [5, 5.41) is 0.636. The van der Waals surface area contributed by atoms with Crippen molar-refractivity contribution in [3.63, 3.8) is 0 Å². The van der Waals surface area contributed by atoms with Gasteiger partial charge in [0.25, 0.3) is 0 Å². The highest BCUT2D eigenvalue weighted by Crippen LogP contribution is 2.35. The van der Waals surface area contributed by atoms with E-state index >= 15 is 0 Å². The van der Waals surface area contributed by atoms with Crippen LogP contribution in [0.25, 0.3) is 0 Å². The van der Waals surface area contributed by atoms with Crippen LogP contribution in [0.15, 0.2) is 12.1 Å². The monoisotopic (exact) mass is 299 g/mol. The van der Waals surface area contributed by atoms with Crippen LogP contribution in [0, 0.1) is 0 Å². The molecule has 4 nitrogen and oxygen atoms in total. The molecule has 1 aromatic rings. The number of hydrogen-bond donors (Lipinski definition) is 1. The highest BCUT2D eigenvalue weighted by Gasteiger charge is 2.17. The zero-order valence-corrected chi connectivity index (χ0v) is 12.6. The SMILES string of the molecule is COc1cc(Cl)cc(CCN)c1OCCC1CCCO1. The average Bonchev–Trinajstić information content (AvgIpc) is 2.94. The van der Waals surface area contributed by atoms with Gasteiger partial charge in [-0.15, -0.1) is 0 Å². The molecular weight excluding hydrogens is 278 g/mol. The number of halogens is 1. The van der Waals surface area contributed by atoms with Crippen molar-refractivity contribution in [2.75, 3.05) is 26.9 Å². The van der Waals surface area contributed by atoms with Gasteiger partial charge in [0.05, 0.1) is 19.8 Å². The number of ether oxygens (including phenoxy) is 3. The number of nitrogens with two attached hydrogens (primary N) is 1. The molecule has 1 fully saturated rings. The lowest BCUT2D eigenvalue weighted by atomic mass is 10.1. The quantitative estimate of drug-likeness (QED) is 0.841. The molecule has 1 aromatic carbocycles. The molecular formula is C15H22ClNO3. The first-order chi connectivity index (χ1) is 9.74. The van der Waals surface area contributed by atoms with Crippen molar-refractivity contribution in [2.24, 2.45) is 5.73 Å². The lowest BCUT2D eigenvalue weighted by molar-refractivity contribution is 0.0897. The zero-order chi connectivity index (χ0) is 14.4. The van der Waals surface area contributed by atoms with E-state index in [1.807, 2.05) is 6.07 Å². The van der Waals surface area contributed by atoms with Gasteiger partial charge in [0.1, 0.15) is 0 Å². The Labute approximate surface area is 125 Å². The van der Waals surface area contributed by atoms with Crippen LogP contribution in [-0.2, 0) is 11.2 Å². The van der Waals surface area contributed by atoms with Gasteiger partial charge in [0.15, 0.2) is 11.5 Å². The van der Waals surface area contributed by atoms with Gasteiger partial charge in [-0.25, -0.2) is 0 Å². The first kappa shape index (κ1) is 15.4. The fraction of sp³-hybridized carbons (Fsp3) is 0.600. The summed E-state index contributed by atoms with van der Waals surface area (Å²) in [4.78, 5) is 0. The van der Waals surface area contributed by atoms with Crippen molar-refractivity contribution in [3.8, 4) is 11.5 Å². The molecule has 2 rings (SSSR count). The van der Waals surface area contributed by atoms with Gasteiger partial charge in [-0.2, -0.15) is 0 Å². The van der Waals surface area contributed by atoms with Gasteiger partial charge >= 0.3 is 0 Å². The van der Waals surface area contributed by atoms with E-state index in [4.69, 9.17) is 31.5 Å². The second-order valence-electron chi connectivity index (χ2n) is 4.91. The largest absolute Gasteiger partial charge is 0.493 e. The summed E-state index contributed by atoms with van der Waals surface area (Å²) in [5.74, 6) is 1.41. The molecule has 0 amide bonds. The summed E-state index contributed by atoms with van der Waals surface area (Å²) in [6.07, 6.45) is 4.20. The molecule has 1 aliphatic rings. The van der Waals surface area contributed by atoms with Crippen molar-refractivity contribution >= 4 is 11.6 Å². The molecule has 0 spiro atoms. The molecule has 0 bridgehead atoms. The Bertz CT molecular complexity index is 433. The Kier molecular flexibility index (Phi) is 5.95. The maximum absolute atomic E-state index is 6.08. The van der Waals surface area contributed by atoms with E-state index in [2.05, 4.69) is 0 Å². The van der Waals surface area contributed by atoms with Crippen LogP contribution in [-0.4, -0.2) is 33.0 Å². The van der Waals surface area contributed by atoms with Crippen LogP contribution < -0.4 is 15.2 Å². The van der Waals surface area contributed by atoms with E-state index in [0.717, 1.165) is 37.2 Å². The summed E-state index contributed by atoms with van der Waals surface area (Å²) >= 11 is 6.08. The minimum absolute atomic E-state index is 0.325. The second-order valence-corrected chi connectivity index (χ2v) is 5.34. The molecule has 1 atom stereocenters. The predicted molar refractivity (Wildman–Crippen MR) is 79.8 cm³/mol. The van der Waals surface area contributed by atoms with Crippen molar-refractivity contribution in [3.05, 3.63) is 22.7 Å². The van der Waals surface area contributed by atoms with E-state index < -0.39 is 0 Å². The summed E-state index contributed by atoms with van der Waals surface area (Å²) in [7, 11) is 1.62. The van der Waals surface area contributed by atoms with Crippen LogP contribution in [0.1, 0.15) is 24.8 Å². The van der Waals surface area contributed by atoms with Gasteiger partial charge in [-0.1, -0.05) is 11.6 Å². The molecule has 1 unspecified atom stereocenters. The van der Waals surface area contributed by atoms with Crippen LogP contribution in [0.2, 0.25) is 5.02 Å². The maximum atomic E-state index is 6.08. The van der Waals surface area contributed by atoms with Crippen LogP contribution in [0.3, 0.4) is 0 Å². The Hall–Kier alpha value is -0.970. The molecule has 1 heterocycles. The summed E-state index contributed by atoms with van der Waals surface area (Å²) in [6, 6.07) is 3.65. The standard InChI is InChI=1S/C15H22ClNO3/c1-18-14-10-12(16)9-11(4-6-17)15(14)20-8-5-13-3-2-7-19-13/h9-10,13H,2-8,17H2,1H3. The van der Waals surface area contributed by atoms with Gasteiger partial charge in [-0.3, -0.25) is 0 Å². The molecule has 0 aliphatic carbocycles. The normalized spacial score (nSPS) is 18.2. The molecule has 0 aromatic heterocycles. The van der Waals surface area contributed by atoms with Crippen LogP contribution in [0.4, 0.5) is 0 Å². The number of benzene rings is 1. The average molecular weight is 300 g/mol. The summed E-state index contributed by atoms with van der Waals surface area (Å²) in [6.45, 7) is 2.03. The lowest BCUT2D eigenvalue weighted by Gasteiger charge is -2.16. The highest BCUT2D eigenvalue weighted by molar-refractivity contribution is 6.30. The molecule has 1 aliphatic heterocycles. The minimum Gasteiger partial charge on any atom is -0.493 e. The first-order valence-electron chi connectivity index (χ1n) is 7.05. The molecule has 1 saturated heterocycles. The van der Waals surface area contributed by atoms with Gasteiger partial charge < -0.3 is 19.9 Å². The topological polar surface area (TPSA) is 53.7 Å². The van der Waals surface area contributed by atoms with Crippen molar-refractivity contribution in [1.29, 1.82) is 0 Å². The molecule has 20 heavy (non-hydrogen) atoms. The highest BCUT2D eigenvalue weighted by atomic mass is 35.5. The van der Waals surface area contributed by atoms with Gasteiger partial charge in [-0.05, 0) is 31.9 Å². The Balaban J connectivity index is 2.03. The second kappa shape index (κ2) is 7.72. The van der Waals surface area contributed by atoms with Gasteiger partial charge in [0.2, 0.25) is 0 Å². The van der Waals surface area contributed by atoms with Crippen LogP contribution >= 0.6 is 11.6 Å². The third-order valence-corrected chi connectivity index (χ3v) is 3.66. The van der Waals surface area contributed by atoms with Gasteiger partial charge in [0, 0.05) is 29.7 Å². The summed E-state index contributed by atoms with van der Waals surface area (Å²) < 4.78 is 16.9. The third-order valence-electron chi connectivity index (χ3n) is 3.44. The number of rotatable bonds is 7. The van der Waals surface area contributed by atoms with E-state index in [-0.39, 0.29) is 0 Å². The van der Waals surface area contributed by atoms with Crippen molar-refractivity contribution in [2.45, 2.75) is 31.8 Å².